The summed E-state index contributed by atoms with van der Waals surface area (Å²) in [6, 6.07) is 7.88. The van der Waals surface area contributed by atoms with Gasteiger partial charge in [0, 0.05) is 0 Å². The number of fused-ring (bicyclic) bond motifs is 1. The molecule has 2 heterocycles. The summed E-state index contributed by atoms with van der Waals surface area (Å²) in [5, 5.41) is 3.54. The molecule has 2 unspecified atom stereocenters. The largest absolute Gasteiger partial charge is 0.496 e. The molecule has 1 N–H and O–H groups in total. The molecule has 0 aliphatic carbocycles. The van der Waals surface area contributed by atoms with Gasteiger partial charge in [-0.3, -0.25) is 0 Å². The van der Waals surface area contributed by atoms with Crippen molar-refractivity contribution in [2.45, 2.75) is 38.3 Å². The van der Waals surface area contributed by atoms with E-state index in [0.29, 0.717) is 6.61 Å². The third kappa shape index (κ3) is 3.32. The number of rotatable bonds is 5. The molecule has 2 aliphatic heterocycles. The Bertz CT molecular complexity index is 501. The lowest BCUT2D eigenvalue weighted by molar-refractivity contribution is 0.0466. The Kier molecular flexibility index (Phi) is 4.65. The van der Waals surface area contributed by atoms with Crippen LogP contribution < -0.4 is 14.8 Å². The van der Waals surface area contributed by atoms with Crippen LogP contribution >= 0.6 is 0 Å². The minimum Gasteiger partial charge on any atom is -0.496 e. The van der Waals surface area contributed by atoms with E-state index in [9.17, 15) is 0 Å². The van der Waals surface area contributed by atoms with Gasteiger partial charge < -0.3 is 19.5 Å². The Morgan fingerprint density at radius 1 is 1.24 bits per heavy atom. The van der Waals surface area contributed by atoms with Crippen LogP contribution in [0.4, 0.5) is 0 Å². The van der Waals surface area contributed by atoms with Crippen LogP contribution in [0.15, 0.2) is 36.1 Å². The summed E-state index contributed by atoms with van der Waals surface area (Å²) in [5.41, 5.74) is 0. The first-order chi connectivity index (χ1) is 10.4. The molecule has 4 heteroatoms. The van der Waals surface area contributed by atoms with Crippen molar-refractivity contribution in [3.05, 3.63) is 36.1 Å². The molecule has 1 aromatic carbocycles. The van der Waals surface area contributed by atoms with Crippen molar-refractivity contribution >= 4 is 0 Å². The Morgan fingerprint density at radius 3 is 2.86 bits per heavy atom. The van der Waals surface area contributed by atoms with Crippen LogP contribution in [0, 0.1) is 0 Å². The predicted octanol–water partition coefficient (Wildman–Crippen LogP) is 2.89. The van der Waals surface area contributed by atoms with Gasteiger partial charge in [0.25, 0.3) is 0 Å². The smallest absolute Gasteiger partial charge is 0.161 e. The molecular formula is C17H23NO3. The Labute approximate surface area is 126 Å². The van der Waals surface area contributed by atoms with Crippen LogP contribution in [0.1, 0.15) is 26.2 Å². The number of para-hydroxylation sites is 2. The second-order valence-electron chi connectivity index (χ2n) is 5.44. The van der Waals surface area contributed by atoms with Crippen LogP contribution in [0.5, 0.6) is 11.5 Å². The van der Waals surface area contributed by atoms with Gasteiger partial charge in [-0.25, -0.2) is 0 Å². The highest BCUT2D eigenvalue weighted by molar-refractivity contribution is 5.41. The van der Waals surface area contributed by atoms with Gasteiger partial charge in [-0.2, -0.15) is 0 Å². The van der Waals surface area contributed by atoms with Gasteiger partial charge in [0.05, 0.1) is 6.61 Å². The molecule has 1 aromatic rings. The van der Waals surface area contributed by atoms with E-state index in [2.05, 4.69) is 18.3 Å². The number of hydrogen-bond acceptors (Lipinski definition) is 4. The first kappa shape index (κ1) is 14.3. The van der Waals surface area contributed by atoms with Crippen molar-refractivity contribution in [1.82, 2.24) is 5.32 Å². The highest BCUT2D eigenvalue weighted by Gasteiger charge is 2.32. The van der Waals surface area contributed by atoms with E-state index in [1.807, 2.05) is 24.3 Å². The normalized spacial score (nSPS) is 22.1. The van der Waals surface area contributed by atoms with Crippen LogP contribution in [0.2, 0.25) is 0 Å². The first-order valence-electron chi connectivity index (χ1n) is 7.83. The molecule has 21 heavy (non-hydrogen) atoms. The molecule has 0 amide bonds. The zero-order valence-electron chi connectivity index (χ0n) is 12.5. The fourth-order valence-electron chi connectivity index (χ4n) is 2.71. The average Bonchev–Trinajstić information content (AvgIpc) is 2.56. The van der Waals surface area contributed by atoms with E-state index in [1.54, 1.807) is 0 Å². The molecule has 0 aromatic heterocycles. The molecule has 2 aliphatic rings. The van der Waals surface area contributed by atoms with Crippen molar-refractivity contribution < 1.29 is 14.2 Å². The van der Waals surface area contributed by atoms with Crippen LogP contribution in [0.25, 0.3) is 0 Å². The summed E-state index contributed by atoms with van der Waals surface area (Å²) in [7, 11) is 0. The monoisotopic (exact) mass is 289 g/mol. The van der Waals surface area contributed by atoms with Crippen molar-refractivity contribution in [3.63, 3.8) is 0 Å². The van der Waals surface area contributed by atoms with Gasteiger partial charge >= 0.3 is 0 Å². The SMILES string of the molecule is CCCNC(C1=CCCCO1)C1COc2ccccc2O1. The predicted molar refractivity (Wildman–Crippen MR) is 81.7 cm³/mol. The Morgan fingerprint density at radius 2 is 2.10 bits per heavy atom. The first-order valence-corrected chi connectivity index (χ1v) is 7.83. The number of benzene rings is 1. The molecule has 3 rings (SSSR count). The van der Waals surface area contributed by atoms with Crippen LogP contribution in [0.3, 0.4) is 0 Å². The maximum Gasteiger partial charge on any atom is 0.161 e. The standard InChI is InChI=1S/C17H23NO3/c1-2-10-18-17(15-9-5-6-11-19-15)16-12-20-13-7-3-4-8-14(13)21-16/h3-4,7-9,16-18H,2,5-6,10-12H2,1H3. The van der Waals surface area contributed by atoms with Crippen molar-refractivity contribution in [2.75, 3.05) is 19.8 Å². The fourth-order valence-corrected chi connectivity index (χ4v) is 2.71. The molecule has 114 valence electrons. The fraction of sp³-hybridized carbons (Fsp3) is 0.529. The molecule has 0 fully saturated rings. The second-order valence-corrected chi connectivity index (χ2v) is 5.44. The van der Waals surface area contributed by atoms with E-state index in [-0.39, 0.29) is 12.1 Å². The van der Waals surface area contributed by atoms with E-state index < -0.39 is 0 Å². The number of allylic oxidation sites excluding steroid dienone is 1. The highest BCUT2D eigenvalue weighted by atomic mass is 16.6. The van der Waals surface area contributed by atoms with Gasteiger partial charge in [0.1, 0.15) is 18.4 Å². The summed E-state index contributed by atoms with van der Waals surface area (Å²) in [6.45, 7) is 4.43. The zero-order chi connectivity index (χ0) is 14.5. The maximum atomic E-state index is 6.14. The quantitative estimate of drug-likeness (QED) is 0.905. The highest BCUT2D eigenvalue weighted by Crippen LogP contribution is 2.33. The van der Waals surface area contributed by atoms with Gasteiger partial charge in [-0.1, -0.05) is 19.1 Å². The minimum absolute atomic E-state index is 0.0543. The molecular weight excluding hydrogens is 266 g/mol. The summed E-state index contributed by atoms with van der Waals surface area (Å²) in [6.07, 6.45) is 5.36. The molecule has 4 nitrogen and oxygen atoms in total. The lowest BCUT2D eigenvalue weighted by Crippen LogP contribution is -2.50. The summed E-state index contributed by atoms with van der Waals surface area (Å²) in [5.74, 6) is 2.64. The van der Waals surface area contributed by atoms with Gasteiger partial charge in [-0.15, -0.1) is 0 Å². The molecule has 2 atom stereocenters. The van der Waals surface area contributed by atoms with Crippen molar-refractivity contribution in [2.24, 2.45) is 0 Å². The van der Waals surface area contributed by atoms with Gasteiger partial charge in [0.2, 0.25) is 0 Å². The van der Waals surface area contributed by atoms with E-state index in [4.69, 9.17) is 14.2 Å². The number of ether oxygens (including phenoxy) is 3. The van der Waals surface area contributed by atoms with E-state index >= 15 is 0 Å². The van der Waals surface area contributed by atoms with E-state index in [1.165, 1.54) is 0 Å². The Balaban J connectivity index is 1.76. The zero-order valence-corrected chi connectivity index (χ0v) is 12.5. The number of hydrogen-bond donors (Lipinski definition) is 1. The Hall–Kier alpha value is -1.68. The van der Waals surface area contributed by atoms with Gasteiger partial charge in [-0.05, 0) is 44.0 Å². The average molecular weight is 289 g/mol. The minimum atomic E-state index is -0.0594. The van der Waals surface area contributed by atoms with Crippen molar-refractivity contribution in [3.8, 4) is 11.5 Å². The third-order valence-corrected chi connectivity index (χ3v) is 3.79. The topological polar surface area (TPSA) is 39.7 Å². The summed E-state index contributed by atoms with van der Waals surface area (Å²) < 4.78 is 17.8. The summed E-state index contributed by atoms with van der Waals surface area (Å²) >= 11 is 0. The van der Waals surface area contributed by atoms with Crippen molar-refractivity contribution in [1.29, 1.82) is 0 Å². The second kappa shape index (κ2) is 6.85. The molecule has 0 spiro atoms. The summed E-state index contributed by atoms with van der Waals surface area (Å²) in [4.78, 5) is 0. The van der Waals surface area contributed by atoms with Crippen LogP contribution in [-0.4, -0.2) is 31.9 Å². The lowest BCUT2D eigenvalue weighted by Gasteiger charge is -2.34. The lowest BCUT2D eigenvalue weighted by atomic mass is 10.1. The number of nitrogens with one attached hydrogen (secondary N) is 1. The molecule has 0 saturated carbocycles. The molecule has 0 radical (unpaired) electrons. The maximum absolute atomic E-state index is 6.14. The molecule has 0 bridgehead atoms. The van der Waals surface area contributed by atoms with E-state index in [0.717, 1.165) is 49.7 Å². The third-order valence-electron chi connectivity index (χ3n) is 3.79. The molecule has 0 saturated heterocycles. The van der Waals surface area contributed by atoms with Crippen LogP contribution in [-0.2, 0) is 4.74 Å². The van der Waals surface area contributed by atoms with Gasteiger partial charge in [0.15, 0.2) is 17.6 Å².